The van der Waals surface area contributed by atoms with Crippen LogP contribution in [0.3, 0.4) is 0 Å². The standard InChI is InChI=1S/C13H21N5/c1-10(13-11(2)16-17(4)12(13)3)14-7-9-18-8-5-6-15-18/h5-6,8,10,14H,7,9H2,1-4H3. The Morgan fingerprint density at radius 2 is 2.17 bits per heavy atom. The zero-order chi connectivity index (χ0) is 13.1. The van der Waals surface area contributed by atoms with E-state index < -0.39 is 0 Å². The second kappa shape index (κ2) is 5.35. The second-order valence-corrected chi connectivity index (χ2v) is 4.65. The van der Waals surface area contributed by atoms with Crippen LogP contribution in [0.5, 0.6) is 0 Å². The second-order valence-electron chi connectivity index (χ2n) is 4.65. The molecule has 0 saturated heterocycles. The van der Waals surface area contributed by atoms with Gasteiger partial charge in [-0.3, -0.25) is 9.36 Å². The van der Waals surface area contributed by atoms with Crippen molar-refractivity contribution >= 4 is 0 Å². The summed E-state index contributed by atoms with van der Waals surface area (Å²) in [6.07, 6.45) is 3.78. The lowest BCUT2D eigenvalue weighted by molar-refractivity contribution is 0.505. The molecular formula is C13H21N5. The minimum Gasteiger partial charge on any atom is -0.308 e. The highest BCUT2D eigenvalue weighted by molar-refractivity contribution is 5.27. The van der Waals surface area contributed by atoms with Crippen molar-refractivity contribution in [1.82, 2.24) is 24.9 Å². The molecule has 98 valence electrons. The molecule has 1 unspecified atom stereocenters. The Morgan fingerprint density at radius 1 is 1.39 bits per heavy atom. The van der Waals surface area contributed by atoms with E-state index in [4.69, 9.17) is 0 Å². The lowest BCUT2D eigenvalue weighted by atomic mass is 10.1. The molecular weight excluding hydrogens is 226 g/mol. The summed E-state index contributed by atoms with van der Waals surface area (Å²) < 4.78 is 3.87. The van der Waals surface area contributed by atoms with Gasteiger partial charge in [0.15, 0.2) is 0 Å². The quantitative estimate of drug-likeness (QED) is 0.872. The van der Waals surface area contributed by atoms with Gasteiger partial charge in [0.25, 0.3) is 0 Å². The average Bonchev–Trinajstić information content (AvgIpc) is 2.89. The van der Waals surface area contributed by atoms with Gasteiger partial charge in [-0.2, -0.15) is 10.2 Å². The highest BCUT2D eigenvalue weighted by Gasteiger charge is 2.15. The van der Waals surface area contributed by atoms with Crippen molar-refractivity contribution in [3.63, 3.8) is 0 Å². The number of nitrogens with zero attached hydrogens (tertiary/aromatic N) is 4. The minimum atomic E-state index is 0.314. The SMILES string of the molecule is Cc1nn(C)c(C)c1C(C)NCCn1cccn1. The van der Waals surface area contributed by atoms with Crippen molar-refractivity contribution in [3.05, 3.63) is 35.4 Å². The predicted octanol–water partition coefficient (Wildman–Crippen LogP) is 1.58. The smallest absolute Gasteiger partial charge is 0.0644 e. The fourth-order valence-corrected chi connectivity index (χ4v) is 2.35. The molecule has 0 amide bonds. The maximum absolute atomic E-state index is 4.45. The monoisotopic (exact) mass is 247 g/mol. The first-order valence-corrected chi connectivity index (χ1v) is 6.30. The molecule has 0 aliphatic rings. The molecule has 5 heteroatoms. The molecule has 0 radical (unpaired) electrons. The summed E-state index contributed by atoms with van der Waals surface area (Å²) in [6.45, 7) is 8.14. The van der Waals surface area contributed by atoms with Gasteiger partial charge >= 0.3 is 0 Å². The Bertz CT molecular complexity index is 498. The topological polar surface area (TPSA) is 47.7 Å². The Morgan fingerprint density at radius 3 is 2.72 bits per heavy atom. The third-order valence-electron chi connectivity index (χ3n) is 3.35. The fraction of sp³-hybridized carbons (Fsp3) is 0.538. The van der Waals surface area contributed by atoms with Crippen molar-refractivity contribution in [2.45, 2.75) is 33.4 Å². The van der Waals surface area contributed by atoms with Gasteiger partial charge in [0.05, 0.1) is 12.2 Å². The van der Waals surface area contributed by atoms with Crippen molar-refractivity contribution < 1.29 is 0 Å². The van der Waals surface area contributed by atoms with E-state index in [0.29, 0.717) is 6.04 Å². The normalized spacial score (nSPS) is 12.9. The molecule has 0 saturated carbocycles. The Balaban J connectivity index is 1.93. The van der Waals surface area contributed by atoms with E-state index in [1.54, 1.807) is 6.20 Å². The largest absolute Gasteiger partial charge is 0.308 e. The van der Waals surface area contributed by atoms with Gasteiger partial charge in [-0.15, -0.1) is 0 Å². The molecule has 0 spiro atoms. The summed E-state index contributed by atoms with van der Waals surface area (Å²) in [5.74, 6) is 0. The van der Waals surface area contributed by atoms with Crippen molar-refractivity contribution in [2.24, 2.45) is 7.05 Å². The molecule has 0 aliphatic carbocycles. The van der Waals surface area contributed by atoms with Gasteiger partial charge in [0.2, 0.25) is 0 Å². The van der Waals surface area contributed by atoms with Gasteiger partial charge in [0.1, 0.15) is 0 Å². The number of aromatic nitrogens is 4. The van der Waals surface area contributed by atoms with E-state index >= 15 is 0 Å². The van der Waals surface area contributed by atoms with E-state index in [0.717, 1.165) is 18.8 Å². The molecule has 1 N–H and O–H groups in total. The molecule has 2 rings (SSSR count). The van der Waals surface area contributed by atoms with Crippen LogP contribution in [-0.2, 0) is 13.6 Å². The van der Waals surface area contributed by atoms with E-state index in [1.165, 1.54) is 11.3 Å². The number of aryl methyl sites for hydroxylation is 2. The summed E-state index contributed by atoms with van der Waals surface area (Å²) in [6, 6.07) is 2.26. The van der Waals surface area contributed by atoms with Crippen LogP contribution in [-0.4, -0.2) is 26.1 Å². The molecule has 0 aliphatic heterocycles. The minimum absolute atomic E-state index is 0.314. The highest BCUT2D eigenvalue weighted by atomic mass is 15.3. The predicted molar refractivity (Wildman–Crippen MR) is 71.3 cm³/mol. The summed E-state index contributed by atoms with van der Waals surface area (Å²) >= 11 is 0. The first kappa shape index (κ1) is 12.8. The van der Waals surface area contributed by atoms with Crippen LogP contribution in [0.1, 0.15) is 29.9 Å². The van der Waals surface area contributed by atoms with E-state index in [1.807, 2.05) is 28.7 Å². The molecule has 2 heterocycles. The molecule has 2 aromatic rings. The van der Waals surface area contributed by atoms with Gasteiger partial charge < -0.3 is 5.32 Å². The van der Waals surface area contributed by atoms with Crippen LogP contribution in [0, 0.1) is 13.8 Å². The van der Waals surface area contributed by atoms with Crippen molar-refractivity contribution in [2.75, 3.05) is 6.54 Å². The average molecular weight is 247 g/mol. The fourth-order valence-electron chi connectivity index (χ4n) is 2.35. The first-order valence-electron chi connectivity index (χ1n) is 6.30. The Hall–Kier alpha value is -1.62. The van der Waals surface area contributed by atoms with Crippen LogP contribution >= 0.6 is 0 Å². The number of rotatable bonds is 5. The highest BCUT2D eigenvalue weighted by Crippen LogP contribution is 2.20. The molecule has 5 nitrogen and oxygen atoms in total. The summed E-state index contributed by atoms with van der Waals surface area (Å²) in [5.41, 5.74) is 3.64. The third-order valence-corrected chi connectivity index (χ3v) is 3.35. The molecule has 2 aromatic heterocycles. The Kier molecular flexibility index (Phi) is 3.81. The summed E-state index contributed by atoms with van der Waals surface area (Å²) in [4.78, 5) is 0. The summed E-state index contributed by atoms with van der Waals surface area (Å²) in [5, 5.41) is 12.2. The molecule has 1 atom stereocenters. The van der Waals surface area contributed by atoms with Crippen LogP contribution in [0.4, 0.5) is 0 Å². The summed E-state index contributed by atoms with van der Waals surface area (Å²) in [7, 11) is 1.99. The first-order chi connectivity index (χ1) is 8.59. The maximum Gasteiger partial charge on any atom is 0.0644 e. The number of hydrogen-bond acceptors (Lipinski definition) is 3. The Labute approximate surface area is 108 Å². The number of hydrogen-bond donors (Lipinski definition) is 1. The number of nitrogens with one attached hydrogen (secondary N) is 1. The molecule has 18 heavy (non-hydrogen) atoms. The van der Waals surface area contributed by atoms with Crippen LogP contribution in [0.25, 0.3) is 0 Å². The molecule has 0 fully saturated rings. The van der Waals surface area contributed by atoms with E-state index in [2.05, 4.69) is 36.3 Å². The molecule has 0 aromatic carbocycles. The van der Waals surface area contributed by atoms with Gasteiger partial charge in [-0.05, 0) is 26.8 Å². The van der Waals surface area contributed by atoms with Gasteiger partial charge in [-0.25, -0.2) is 0 Å². The molecule has 0 bridgehead atoms. The van der Waals surface area contributed by atoms with E-state index in [-0.39, 0.29) is 0 Å². The van der Waals surface area contributed by atoms with Crippen LogP contribution in [0.2, 0.25) is 0 Å². The lowest BCUT2D eigenvalue weighted by Gasteiger charge is -2.14. The maximum atomic E-state index is 4.45. The zero-order valence-corrected chi connectivity index (χ0v) is 11.5. The van der Waals surface area contributed by atoms with Crippen LogP contribution < -0.4 is 5.32 Å². The van der Waals surface area contributed by atoms with Crippen LogP contribution in [0.15, 0.2) is 18.5 Å². The van der Waals surface area contributed by atoms with Crippen molar-refractivity contribution in [1.29, 1.82) is 0 Å². The van der Waals surface area contributed by atoms with Gasteiger partial charge in [0, 0.05) is 43.3 Å². The van der Waals surface area contributed by atoms with Gasteiger partial charge in [-0.1, -0.05) is 0 Å². The third kappa shape index (κ3) is 2.61. The van der Waals surface area contributed by atoms with Crippen molar-refractivity contribution in [3.8, 4) is 0 Å². The zero-order valence-electron chi connectivity index (χ0n) is 11.5. The van der Waals surface area contributed by atoms with E-state index in [9.17, 15) is 0 Å². The lowest BCUT2D eigenvalue weighted by Crippen LogP contribution is -2.24.